The zero-order valence-corrected chi connectivity index (χ0v) is 18.1. The lowest BCUT2D eigenvalue weighted by atomic mass is 10.1. The lowest BCUT2D eigenvalue weighted by Gasteiger charge is -2.16. The predicted molar refractivity (Wildman–Crippen MR) is 119 cm³/mol. The maximum Gasteiger partial charge on any atom is 0.260 e. The first kappa shape index (κ1) is 21.2. The van der Waals surface area contributed by atoms with Crippen LogP contribution in [0.15, 0.2) is 65.2 Å². The van der Waals surface area contributed by atoms with Crippen LogP contribution in [0.25, 0.3) is 22.2 Å². The molecule has 1 aromatic heterocycles. The number of rotatable bonds is 8. The summed E-state index contributed by atoms with van der Waals surface area (Å²) in [5, 5.41) is 6.03. The van der Waals surface area contributed by atoms with E-state index in [2.05, 4.69) is 10.1 Å². The van der Waals surface area contributed by atoms with Gasteiger partial charge in [0.2, 0.25) is 11.7 Å². The fourth-order valence-corrected chi connectivity index (χ4v) is 3.27. The van der Waals surface area contributed by atoms with E-state index < -0.39 is 0 Å². The van der Waals surface area contributed by atoms with Gasteiger partial charge >= 0.3 is 0 Å². The van der Waals surface area contributed by atoms with Crippen LogP contribution in [0.3, 0.4) is 0 Å². The van der Waals surface area contributed by atoms with Crippen molar-refractivity contribution in [2.75, 3.05) is 27.9 Å². The van der Waals surface area contributed by atoms with Crippen LogP contribution in [0.1, 0.15) is 5.89 Å². The quantitative estimate of drug-likeness (QED) is 0.416. The van der Waals surface area contributed by atoms with Crippen LogP contribution in [0, 0.1) is 0 Å². The van der Waals surface area contributed by atoms with Gasteiger partial charge in [0.15, 0.2) is 6.61 Å². The molecule has 0 bridgehead atoms. The first-order valence-electron chi connectivity index (χ1n) is 9.98. The molecule has 0 atom stereocenters. The second-order valence-electron chi connectivity index (χ2n) is 7.09. The van der Waals surface area contributed by atoms with Gasteiger partial charge in [0.25, 0.3) is 5.91 Å². The molecule has 0 N–H and O–H groups in total. The summed E-state index contributed by atoms with van der Waals surface area (Å²) in [7, 11) is 4.80. The number of nitrogens with zero attached hydrogens (tertiary/aromatic N) is 3. The van der Waals surface area contributed by atoms with Gasteiger partial charge in [0, 0.05) is 18.5 Å². The van der Waals surface area contributed by atoms with Gasteiger partial charge in [-0.15, -0.1) is 0 Å². The van der Waals surface area contributed by atoms with E-state index in [4.69, 9.17) is 18.7 Å². The van der Waals surface area contributed by atoms with Crippen molar-refractivity contribution >= 4 is 16.7 Å². The van der Waals surface area contributed by atoms with Crippen LogP contribution in [0.2, 0.25) is 0 Å². The number of methoxy groups -OCH3 is 2. The van der Waals surface area contributed by atoms with Gasteiger partial charge in [-0.2, -0.15) is 4.98 Å². The third-order valence-electron chi connectivity index (χ3n) is 5.02. The highest BCUT2D eigenvalue weighted by molar-refractivity contribution is 5.88. The van der Waals surface area contributed by atoms with Crippen molar-refractivity contribution in [1.29, 1.82) is 0 Å². The minimum atomic E-state index is -0.209. The number of fused-ring (bicyclic) bond motifs is 1. The van der Waals surface area contributed by atoms with Gasteiger partial charge < -0.3 is 23.6 Å². The number of carbonyl (C=O) groups excluding carboxylic acids is 1. The molecule has 0 radical (unpaired) electrons. The van der Waals surface area contributed by atoms with Crippen LogP contribution in [0.4, 0.5) is 0 Å². The molecule has 0 saturated heterocycles. The number of likely N-dealkylation sites (N-methyl/N-ethyl adjacent to an activating group) is 1. The smallest absolute Gasteiger partial charge is 0.260 e. The number of aromatic nitrogens is 2. The van der Waals surface area contributed by atoms with E-state index in [9.17, 15) is 4.79 Å². The first-order chi connectivity index (χ1) is 15.6. The van der Waals surface area contributed by atoms with Gasteiger partial charge in [-0.3, -0.25) is 4.79 Å². The van der Waals surface area contributed by atoms with Crippen LogP contribution in [0.5, 0.6) is 17.2 Å². The molecule has 1 heterocycles. The molecule has 4 aromatic rings. The fraction of sp³-hybridized carbons (Fsp3) is 0.208. The molecule has 0 fully saturated rings. The maximum absolute atomic E-state index is 12.6. The molecular formula is C24H23N3O5. The molecule has 0 spiro atoms. The van der Waals surface area contributed by atoms with E-state index in [1.54, 1.807) is 39.5 Å². The van der Waals surface area contributed by atoms with Gasteiger partial charge in [0.05, 0.1) is 26.3 Å². The summed E-state index contributed by atoms with van der Waals surface area (Å²) in [6, 6.07) is 18.9. The minimum Gasteiger partial charge on any atom is -0.497 e. The van der Waals surface area contributed by atoms with Crippen LogP contribution in [-0.4, -0.2) is 48.8 Å². The monoisotopic (exact) mass is 433 g/mol. The van der Waals surface area contributed by atoms with Gasteiger partial charge in [-0.05, 0) is 23.6 Å². The average Bonchev–Trinajstić information content (AvgIpc) is 3.30. The summed E-state index contributed by atoms with van der Waals surface area (Å²) >= 11 is 0. The maximum atomic E-state index is 12.6. The molecule has 3 aromatic carbocycles. The van der Waals surface area contributed by atoms with Crippen LogP contribution >= 0.6 is 0 Å². The molecule has 4 rings (SSSR count). The van der Waals surface area contributed by atoms with E-state index in [1.165, 1.54) is 4.90 Å². The van der Waals surface area contributed by atoms with Crippen molar-refractivity contribution in [2.45, 2.75) is 6.54 Å². The van der Waals surface area contributed by atoms with E-state index >= 15 is 0 Å². The highest BCUT2D eigenvalue weighted by atomic mass is 16.5. The molecule has 164 valence electrons. The Kier molecular flexibility index (Phi) is 6.21. The Bertz CT molecular complexity index is 1230. The van der Waals surface area contributed by atoms with Crippen LogP contribution in [-0.2, 0) is 11.3 Å². The van der Waals surface area contributed by atoms with E-state index in [-0.39, 0.29) is 19.1 Å². The summed E-state index contributed by atoms with van der Waals surface area (Å²) in [5.74, 6) is 2.35. The predicted octanol–water partition coefficient (Wildman–Crippen LogP) is 3.94. The zero-order valence-electron chi connectivity index (χ0n) is 18.1. The number of amides is 1. The summed E-state index contributed by atoms with van der Waals surface area (Å²) in [4.78, 5) is 18.5. The van der Waals surface area contributed by atoms with Crippen molar-refractivity contribution in [3.8, 4) is 28.6 Å². The van der Waals surface area contributed by atoms with Crippen molar-refractivity contribution in [2.24, 2.45) is 0 Å². The summed E-state index contributed by atoms with van der Waals surface area (Å²) in [6.45, 7) is 0.0566. The lowest BCUT2D eigenvalue weighted by Crippen LogP contribution is -2.31. The van der Waals surface area contributed by atoms with Gasteiger partial charge in [-0.25, -0.2) is 0 Å². The zero-order chi connectivity index (χ0) is 22.5. The molecule has 0 saturated carbocycles. The second kappa shape index (κ2) is 9.38. The number of hydrogen-bond acceptors (Lipinski definition) is 7. The number of benzene rings is 3. The normalized spacial score (nSPS) is 10.7. The van der Waals surface area contributed by atoms with Crippen molar-refractivity contribution in [3.05, 3.63) is 66.6 Å². The molecule has 8 nitrogen and oxygen atoms in total. The number of hydrogen-bond donors (Lipinski definition) is 0. The van der Waals surface area contributed by atoms with E-state index in [1.807, 2.05) is 42.5 Å². The highest BCUT2D eigenvalue weighted by Crippen LogP contribution is 2.31. The van der Waals surface area contributed by atoms with Crippen LogP contribution < -0.4 is 14.2 Å². The molecule has 0 aliphatic rings. The first-order valence-corrected chi connectivity index (χ1v) is 9.98. The fourth-order valence-electron chi connectivity index (χ4n) is 3.27. The third-order valence-corrected chi connectivity index (χ3v) is 5.02. The Labute approximate surface area is 185 Å². The minimum absolute atomic E-state index is 0.0994. The standard InChI is InChI=1S/C24H23N3O5/c1-27(23(28)15-31-20-10-6-8-16-7-4-5-9-18(16)20)14-22-25-24(26-32-22)19-12-11-17(29-2)13-21(19)30-3/h4-13H,14-15H2,1-3H3. The molecule has 8 heteroatoms. The number of carbonyl (C=O) groups is 1. The van der Waals surface area contributed by atoms with Crippen molar-refractivity contribution in [3.63, 3.8) is 0 Å². The molecular weight excluding hydrogens is 410 g/mol. The molecule has 1 amide bonds. The van der Waals surface area contributed by atoms with Crippen molar-refractivity contribution < 1.29 is 23.5 Å². The molecule has 0 unspecified atom stereocenters. The Morgan fingerprint density at radius 2 is 1.81 bits per heavy atom. The SMILES string of the molecule is COc1ccc(-c2noc(CN(C)C(=O)COc3cccc4ccccc34)n2)c(OC)c1. The summed E-state index contributed by atoms with van der Waals surface area (Å²) in [6.07, 6.45) is 0. The Morgan fingerprint density at radius 3 is 2.62 bits per heavy atom. The Morgan fingerprint density at radius 1 is 1.00 bits per heavy atom. The lowest BCUT2D eigenvalue weighted by molar-refractivity contribution is -0.132. The molecule has 0 aliphatic heterocycles. The Hall–Kier alpha value is -4.07. The summed E-state index contributed by atoms with van der Waals surface area (Å²) in [5.41, 5.74) is 0.663. The average molecular weight is 433 g/mol. The van der Waals surface area contributed by atoms with Crippen molar-refractivity contribution in [1.82, 2.24) is 15.0 Å². The number of ether oxygens (including phenoxy) is 3. The third kappa shape index (κ3) is 4.49. The van der Waals surface area contributed by atoms with Gasteiger partial charge in [0.1, 0.15) is 17.2 Å². The highest BCUT2D eigenvalue weighted by Gasteiger charge is 2.18. The summed E-state index contributed by atoms with van der Waals surface area (Å²) < 4.78 is 21.7. The topological polar surface area (TPSA) is 86.9 Å². The largest absolute Gasteiger partial charge is 0.497 e. The van der Waals surface area contributed by atoms with E-state index in [0.717, 1.165) is 10.8 Å². The Balaban J connectivity index is 1.41. The molecule has 0 aliphatic carbocycles. The molecule has 32 heavy (non-hydrogen) atoms. The van der Waals surface area contributed by atoms with E-state index in [0.29, 0.717) is 34.5 Å². The second-order valence-corrected chi connectivity index (χ2v) is 7.09. The van der Waals surface area contributed by atoms with Gasteiger partial charge in [-0.1, -0.05) is 41.6 Å².